The zero-order chi connectivity index (χ0) is 23.9. The lowest BCUT2D eigenvalue weighted by atomic mass is 9.54. The van der Waals surface area contributed by atoms with Crippen molar-refractivity contribution in [3.63, 3.8) is 0 Å². The lowest BCUT2D eigenvalue weighted by Crippen LogP contribution is -2.41. The molecule has 34 heavy (non-hydrogen) atoms. The Labute approximate surface area is 202 Å². The third-order valence-corrected chi connectivity index (χ3v) is 8.85. The number of carbonyl (C=O) groups is 1. The van der Waals surface area contributed by atoms with Gasteiger partial charge >= 0.3 is 5.97 Å². The number of aromatic nitrogens is 1. The number of methoxy groups -OCH3 is 1. The number of nitrogens with zero attached hydrogens (tertiary/aromatic N) is 2. The Kier molecular flexibility index (Phi) is 6.22. The number of benzene rings is 1. The van der Waals surface area contributed by atoms with Crippen LogP contribution in [0.2, 0.25) is 0 Å². The Morgan fingerprint density at radius 1 is 1.26 bits per heavy atom. The smallest absolute Gasteiger partial charge is 0.305 e. The van der Waals surface area contributed by atoms with Crippen LogP contribution in [0.15, 0.2) is 42.7 Å². The molecule has 3 aliphatic carbocycles. The third kappa shape index (κ3) is 4.03. The number of rotatable bonds is 6. The van der Waals surface area contributed by atoms with Gasteiger partial charge in [0.15, 0.2) is 0 Å². The highest BCUT2D eigenvalue weighted by Crippen LogP contribution is 2.63. The largest absolute Gasteiger partial charge is 0.469 e. The highest BCUT2D eigenvalue weighted by Gasteiger charge is 2.51. The number of halogens is 1. The van der Waals surface area contributed by atoms with Crippen molar-refractivity contribution in [2.75, 3.05) is 25.6 Å². The van der Waals surface area contributed by atoms with Crippen LogP contribution in [0.3, 0.4) is 0 Å². The lowest BCUT2D eigenvalue weighted by molar-refractivity contribution is -0.140. The van der Waals surface area contributed by atoms with Gasteiger partial charge in [0.05, 0.1) is 13.3 Å². The van der Waals surface area contributed by atoms with Crippen molar-refractivity contribution in [3.8, 4) is 0 Å². The Bertz CT molecular complexity index is 1110. The average molecular weight is 463 g/mol. The molecule has 0 aliphatic heterocycles. The molecule has 1 fully saturated rings. The van der Waals surface area contributed by atoms with Gasteiger partial charge in [-0.1, -0.05) is 19.1 Å². The van der Waals surface area contributed by atoms with E-state index in [4.69, 9.17) is 4.74 Å². The van der Waals surface area contributed by atoms with Crippen LogP contribution in [0.25, 0.3) is 5.57 Å². The number of fused-ring (bicyclic) bond motifs is 5. The minimum Gasteiger partial charge on any atom is -0.469 e. The first-order valence-corrected chi connectivity index (χ1v) is 12.6. The van der Waals surface area contributed by atoms with Crippen molar-refractivity contribution in [2.45, 2.75) is 57.8 Å². The summed E-state index contributed by atoms with van der Waals surface area (Å²) in [6.45, 7) is 3.24. The molecule has 4 nitrogen and oxygen atoms in total. The van der Waals surface area contributed by atoms with E-state index in [0.717, 1.165) is 37.8 Å². The Balaban J connectivity index is 1.31. The molecule has 1 aromatic heterocycles. The van der Waals surface area contributed by atoms with Gasteiger partial charge in [-0.3, -0.25) is 9.78 Å². The summed E-state index contributed by atoms with van der Waals surface area (Å²) in [4.78, 5) is 17.8. The SMILES string of the molecule is COC(=O)CCCN(C)c1ccc2c(c1)CC[C@@H]1[C@@H]2CC[C@]2(C)C(c3cncc(F)c3)=CC[C@@H]12. The third-order valence-electron chi connectivity index (χ3n) is 8.85. The number of hydrogen-bond acceptors (Lipinski definition) is 4. The van der Waals surface area contributed by atoms with Crippen LogP contribution in [0.4, 0.5) is 10.1 Å². The van der Waals surface area contributed by atoms with Crippen LogP contribution >= 0.6 is 0 Å². The van der Waals surface area contributed by atoms with E-state index in [1.165, 1.54) is 48.5 Å². The number of anilines is 1. The minimum atomic E-state index is -0.253. The summed E-state index contributed by atoms with van der Waals surface area (Å²) in [5, 5.41) is 0. The Morgan fingerprint density at radius 3 is 2.91 bits per heavy atom. The van der Waals surface area contributed by atoms with Crippen LogP contribution in [0.5, 0.6) is 0 Å². The zero-order valence-electron chi connectivity index (χ0n) is 20.5. The van der Waals surface area contributed by atoms with Gasteiger partial charge in [-0.25, -0.2) is 4.39 Å². The molecule has 0 saturated heterocycles. The summed E-state index contributed by atoms with van der Waals surface area (Å²) in [7, 11) is 3.54. The van der Waals surface area contributed by atoms with Gasteiger partial charge in [0.25, 0.3) is 0 Å². The molecule has 0 amide bonds. The van der Waals surface area contributed by atoms with Crippen molar-refractivity contribution in [1.29, 1.82) is 0 Å². The molecular weight excluding hydrogens is 427 g/mol. The molecule has 0 radical (unpaired) electrons. The van der Waals surface area contributed by atoms with Crippen molar-refractivity contribution in [3.05, 3.63) is 65.2 Å². The van der Waals surface area contributed by atoms with Crippen molar-refractivity contribution in [2.24, 2.45) is 17.3 Å². The molecule has 0 unspecified atom stereocenters. The van der Waals surface area contributed by atoms with E-state index in [-0.39, 0.29) is 17.2 Å². The van der Waals surface area contributed by atoms with Gasteiger partial charge in [-0.2, -0.15) is 0 Å². The topological polar surface area (TPSA) is 42.4 Å². The summed E-state index contributed by atoms with van der Waals surface area (Å²) in [6, 6.07) is 8.64. The van der Waals surface area contributed by atoms with Gasteiger partial charge in [0, 0.05) is 31.9 Å². The van der Waals surface area contributed by atoms with E-state index in [0.29, 0.717) is 24.2 Å². The number of carbonyl (C=O) groups excluding carboxylic acids is 1. The molecule has 0 N–H and O–H groups in total. The molecule has 0 spiro atoms. The van der Waals surface area contributed by atoms with E-state index >= 15 is 0 Å². The number of esters is 1. The number of aryl methyl sites for hydroxylation is 1. The maximum absolute atomic E-state index is 13.9. The van der Waals surface area contributed by atoms with Crippen LogP contribution in [0.1, 0.15) is 68.1 Å². The second kappa shape index (κ2) is 9.16. The fraction of sp³-hybridized carbons (Fsp3) is 0.517. The molecular formula is C29H35FN2O2. The Hall–Kier alpha value is -2.69. The van der Waals surface area contributed by atoms with Crippen LogP contribution in [-0.4, -0.2) is 31.7 Å². The van der Waals surface area contributed by atoms with E-state index < -0.39 is 0 Å². The normalized spacial score (nSPS) is 27.3. The fourth-order valence-electron chi connectivity index (χ4n) is 7.07. The summed E-state index contributed by atoms with van der Waals surface area (Å²) >= 11 is 0. The summed E-state index contributed by atoms with van der Waals surface area (Å²) in [5.41, 5.74) is 6.62. The minimum absolute atomic E-state index is 0.105. The quantitative estimate of drug-likeness (QED) is 0.482. The maximum Gasteiger partial charge on any atom is 0.305 e. The van der Waals surface area contributed by atoms with E-state index in [1.807, 2.05) is 6.20 Å². The first kappa shape index (κ1) is 23.1. The van der Waals surface area contributed by atoms with Crippen LogP contribution in [-0.2, 0) is 16.0 Å². The van der Waals surface area contributed by atoms with E-state index in [1.54, 1.807) is 6.07 Å². The van der Waals surface area contributed by atoms with E-state index in [9.17, 15) is 9.18 Å². The van der Waals surface area contributed by atoms with Crippen LogP contribution in [0, 0.1) is 23.1 Å². The second-order valence-electron chi connectivity index (χ2n) is 10.6. The molecule has 5 rings (SSSR count). The first-order valence-electron chi connectivity index (χ1n) is 12.6. The van der Waals surface area contributed by atoms with Crippen molar-refractivity contribution in [1.82, 2.24) is 4.98 Å². The number of pyridine rings is 1. The molecule has 0 bridgehead atoms. The summed E-state index contributed by atoms with van der Waals surface area (Å²) in [5.74, 6) is 1.49. The fourth-order valence-corrected chi connectivity index (χ4v) is 7.07. The zero-order valence-corrected chi connectivity index (χ0v) is 20.5. The lowest BCUT2D eigenvalue weighted by Gasteiger charge is -2.50. The molecule has 1 saturated carbocycles. The first-order chi connectivity index (χ1) is 16.4. The monoisotopic (exact) mass is 462 g/mol. The van der Waals surface area contributed by atoms with Gasteiger partial charge < -0.3 is 9.64 Å². The highest BCUT2D eigenvalue weighted by molar-refractivity contribution is 5.72. The van der Waals surface area contributed by atoms with Crippen LogP contribution < -0.4 is 4.90 Å². The average Bonchev–Trinajstić information content (AvgIpc) is 3.20. The predicted molar refractivity (Wildman–Crippen MR) is 133 cm³/mol. The molecule has 1 heterocycles. The van der Waals surface area contributed by atoms with Crippen molar-refractivity contribution < 1.29 is 13.9 Å². The Morgan fingerprint density at radius 2 is 2.12 bits per heavy atom. The maximum atomic E-state index is 13.9. The van der Waals surface area contributed by atoms with Gasteiger partial charge in [-0.15, -0.1) is 0 Å². The van der Waals surface area contributed by atoms with Gasteiger partial charge in [0.2, 0.25) is 0 Å². The number of hydrogen-bond donors (Lipinski definition) is 0. The predicted octanol–water partition coefficient (Wildman–Crippen LogP) is 6.16. The van der Waals surface area contributed by atoms with Crippen molar-refractivity contribution >= 4 is 17.2 Å². The number of ether oxygens (including phenoxy) is 1. The molecule has 5 heteroatoms. The second-order valence-corrected chi connectivity index (χ2v) is 10.6. The number of allylic oxidation sites excluding steroid dienone is 2. The molecule has 2 aromatic rings. The summed E-state index contributed by atoms with van der Waals surface area (Å²) in [6.07, 6.45) is 12.5. The molecule has 1 aromatic carbocycles. The highest BCUT2D eigenvalue weighted by atomic mass is 19.1. The summed E-state index contributed by atoms with van der Waals surface area (Å²) < 4.78 is 18.7. The van der Waals surface area contributed by atoms with E-state index in [2.05, 4.69) is 48.1 Å². The van der Waals surface area contributed by atoms with Gasteiger partial charge in [-0.05, 0) is 102 Å². The molecule has 180 valence electrons. The standard InChI is InChI=1S/C29H35FN2O2/c1-29-13-12-24-23-9-7-22(32(2)14-4-5-28(33)34-3)16-19(23)6-8-25(24)27(29)11-10-26(29)20-15-21(30)18-31-17-20/h7,9-10,15-18,24-25,27H,4-6,8,11-14H2,1-3H3/t24-,25-,27+,29-/m1/s1. The molecule has 4 atom stereocenters. The van der Waals surface area contributed by atoms with Gasteiger partial charge in [0.1, 0.15) is 5.82 Å². The molecule has 3 aliphatic rings.